The molecule has 0 N–H and O–H groups in total. The van der Waals surface area contributed by atoms with Crippen molar-refractivity contribution in [2.45, 2.75) is 38.0 Å². The number of rotatable bonds is 2. The van der Waals surface area contributed by atoms with Crippen LogP contribution in [0.2, 0.25) is 0 Å². The molecule has 2 unspecified atom stereocenters. The van der Waals surface area contributed by atoms with Gasteiger partial charge in [0.15, 0.2) is 0 Å². The average molecular weight is 279 g/mol. The van der Waals surface area contributed by atoms with Crippen molar-refractivity contribution in [3.05, 3.63) is 29.3 Å². The molecule has 1 saturated carbocycles. The topological polar surface area (TPSA) is 37.4 Å². The number of nitrogens with zero attached hydrogens (tertiary/aromatic N) is 1. The predicted molar refractivity (Wildman–Crippen MR) is 75.5 cm³/mol. The lowest BCUT2D eigenvalue weighted by Crippen LogP contribution is -2.30. The summed E-state index contributed by atoms with van der Waals surface area (Å²) >= 11 is 0. The third kappa shape index (κ3) is 2.21. The number of hydrogen-bond donors (Lipinski definition) is 0. The molecule has 0 radical (unpaired) electrons. The van der Waals surface area contributed by atoms with Crippen molar-refractivity contribution in [2.24, 2.45) is 11.8 Å². The summed E-state index contributed by atoms with van der Waals surface area (Å²) < 4.78 is 27.2. The van der Waals surface area contributed by atoms with Gasteiger partial charge in [-0.15, -0.1) is 0 Å². The molecule has 3 rings (SSSR count). The lowest BCUT2D eigenvalue weighted by atomic mass is 10.0. The Bertz CT molecular complexity index is 582. The molecular weight excluding hydrogens is 258 g/mol. The predicted octanol–water partition coefficient (Wildman–Crippen LogP) is 2.72. The number of sulfonamides is 1. The number of aryl methyl sites for hydroxylation is 2. The van der Waals surface area contributed by atoms with Crippen LogP contribution in [0.3, 0.4) is 0 Å². The first-order chi connectivity index (χ1) is 8.98. The maximum atomic E-state index is 12.8. The molecule has 2 atom stereocenters. The van der Waals surface area contributed by atoms with Crippen LogP contribution in [0.4, 0.5) is 0 Å². The molecule has 2 fully saturated rings. The first-order valence-electron chi connectivity index (χ1n) is 7.06. The molecule has 0 spiro atoms. The average Bonchev–Trinajstić information content (AvgIpc) is 2.92. The smallest absolute Gasteiger partial charge is 0.207 e. The minimum absolute atomic E-state index is 0.493. The third-order valence-electron chi connectivity index (χ3n) is 4.65. The van der Waals surface area contributed by atoms with E-state index in [4.69, 9.17) is 0 Å². The Morgan fingerprint density at radius 3 is 2.37 bits per heavy atom. The Morgan fingerprint density at radius 1 is 1.11 bits per heavy atom. The molecule has 19 heavy (non-hydrogen) atoms. The summed E-state index contributed by atoms with van der Waals surface area (Å²) in [5.74, 6) is 1.19. The fourth-order valence-corrected chi connectivity index (χ4v) is 5.38. The summed E-state index contributed by atoms with van der Waals surface area (Å²) in [5.41, 5.74) is 1.85. The number of fused-ring (bicyclic) bond motifs is 1. The van der Waals surface area contributed by atoms with Gasteiger partial charge in [-0.1, -0.05) is 18.6 Å². The lowest BCUT2D eigenvalue weighted by Gasteiger charge is -2.19. The van der Waals surface area contributed by atoms with E-state index in [1.807, 2.05) is 26.0 Å². The molecule has 1 saturated heterocycles. The van der Waals surface area contributed by atoms with E-state index in [2.05, 4.69) is 0 Å². The summed E-state index contributed by atoms with van der Waals surface area (Å²) in [4.78, 5) is 0.493. The van der Waals surface area contributed by atoms with Crippen molar-refractivity contribution in [3.63, 3.8) is 0 Å². The van der Waals surface area contributed by atoms with Gasteiger partial charge < -0.3 is 0 Å². The Balaban J connectivity index is 1.93. The van der Waals surface area contributed by atoms with Crippen molar-refractivity contribution >= 4 is 10.0 Å². The van der Waals surface area contributed by atoms with Gasteiger partial charge in [0.05, 0.1) is 4.90 Å². The molecule has 3 nitrogen and oxygen atoms in total. The SMILES string of the molecule is Cc1ccc(C)c(S(=O)(=O)N2CC3CCCC3C2)c1. The maximum Gasteiger partial charge on any atom is 0.243 e. The van der Waals surface area contributed by atoms with E-state index in [1.54, 1.807) is 10.4 Å². The van der Waals surface area contributed by atoms with Gasteiger partial charge in [-0.3, -0.25) is 0 Å². The van der Waals surface area contributed by atoms with Crippen molar-refractivity contribution < 1.29 is 8.42 Å². The van der Waals surface area contributed by atoms with Gasteiger partial charge in [-0.2, -0.15) is 4.31 Å². The molecule has 104 valence electrons. The summed E-state index contributed by atoms with van der Waals surface area (Å²) in [6.45, 7) is 5.27. The maximum absolute atomic E-state index is 12.8. The second kappa shape index (κ2) is 4.60. The Morgan fingerprint density at radius 2 is 1.74 bits per heavy atom. The molecule has 1 heterocycles. The summed E-state index contributed by atoms with van der Waals surface area (Å²) in [5, 5.41) is 0. The minimum Gasteiger partial charge on any atom is -0.207 e. The van der Waals surface area contributed by atoms with Crippen LogP contribution >= 0.6 is 0 Å². The highest BCUT2D eigenvalue weighted by Crippen LogP contribution is 2.40. The standard InChI is InChI=1S/C15H21NO2S/c1-11-6-7-12(2)15(8-11)19(17,18)16-9-13-4-3-5-14(13)10-16/h6-8,13-14H,3-5,9-10H2,1-2H3. The van der Waals surface area contributed by atoms with Gasteiger partial charge in [0.1, 0.15) is 0 Å². The van der Waals surface area contributed by atoms with Crippen LogP contribution in [0.1, 0.15) is 30.4 Å². The number of hydrogen-bond acceptors (Lipinski definition) is 2. The van der Waals surface area contributed by atoms with Crippen LogP contribution in [-0.4, -0.2) is 25.8 Å². The summed E-state index contributed by atoms with van der Waals surface area (Å²) in [6, 6.07) is 5.67. The third-order valence-corrected chi connectivity index (χ3v) is 6.63. The Hall–Kier alpha value is -0.870. The van der Waals surface area contributed by atoms with Crippen LogP contribution < -0.4 is 0 Å². The van der Waals surface area contributed by atoms with Gasteiger partial charge in [-0.05, 0) is 55.7 Å². The second-order valence-electron chi connectivity index (χ2n) is 6.04. The van der Waals surface area contributed by atoms with Crippen LogP contribution in [0, 0.1) is 25.7 Å². The molecule has 0 aromatic heterocycles. The molecule has 1 aromatic carbocycles. The van der Waals surface area contributed by atoms with Gasteiger partial charge in [-0.25, -0.2) is 8.42 Å². The van der Waals surface area contributed by atoms with E-state index in [1.165, 1.54) is 19.3 Å². The normalized spacial score (nSPS) is 27.7. The van der Waals surface area contributed by atoms with Crippen molar-refractivity contribution in [3.8, 4) is 0 Å². The fourth-order valence-electron chi connectivity index (χ4n) is 3.51. The highest BCUT2D eigenvalue weighted by atomic mass is 32.2. The van der Waals surface area contributed by atoms with E-state index in [9.17, 15) is 8.42 Å². The van der Waals surface area contributed by atoms with Crippen molar-refractivity contribution in [1.29, 1.82) is 0 Å². The zero-order chi connectivity index (χ0) is 13.6. The monoisotopic (exact) mass is 279 g/mol. The van der Waals surface area contributed by atoms with E-state index in [0.29, 0.717) is 16.7 Å². The van der Waals surface area contributed by atoms with Crippen LogP contribution in [-0.2, 0) is 10.0 Å². The first kappa shape index (κ1) is 13.1. The van der Waals surface area contributed by atoms with Crippen molar-refractivity contribution in [1.82, 2.24) is 4.31 Å². The molecule has 2 aliphatic rings. The lowest BCUT2D eigenvalue weighted by molar-refractivity contribution is 0.445. The highest BCUT2D eigenvalue weighted by Gasteiger charge is 2.41. The molecule has 1 aliphatic carbocycles. The largest absolute Gasteiger partial charge is 0.243 e. The van der Waals surface area contributed by atoms with Crippen molar-refractivity contribution in [2.75, 3.05) is 13.1 Å². The molecule has 0 amide bonds. The van der Waals surface area contributed by atoms with Gasteiger partial charge in [0.25, 0.3) is 0 Å². The van der Waals surface area contributed by atoms with E-state index in [0.717, 1.165) is 24.2 Å². The van der Waals surface area contributed by atoms with Crippen LogP contribution in [0.25, 0.3) is 0 Å². The zero-order valence-electron chi connectivity index (χ0n) is 11.6. The fraction of sp³-hybridized carbons (Fsp3) is 0.600. The number of benzene rings is 1. The summed E-state index contributed by atoms with van der Waals surface area (Å²) in [7, 11) is -3.30. The Kier molecular flexibility index (Phi) is 3.18. The van der Waals surface area contributed by atoms with Crippen LogP contribution in [0.15, 0.2) is 23.1 Å². The zero-order valence-corrected chi connectivity index (χ0v) is 12.4. The van der Waals surface area contributed by atoms with Gasteiger partial charge in [0, 0.05) is 13.1 Å². The molecular formula is C15H21NO2S. The van der Waals surface area contributed by atoms with E-state index >= 15 is 0 Å². The first-order valence-corrected chi connectivity index (χ1v) is 8.50. The molecule has 1 aliphatic heterocycles. The Labute approximate surface area is 115 Å². The molecule has 1 aromatic rings. The summed E-state index contributed by atoms with van der Waals surface area (Å²) in [6.07, 6.45) is 3.67. The second-order valence-corrected chi connectivity index (χ2v) is 7.95. The van der Waals surface area contributed by atoms with E-state index < -0.39 is 10.0 Å². The molecule has 0 bridgehead atoms. The van der Waals surface area contributed by atoms with Crippen LogP contribution in [0.5, 0.6) is 0 Å². The highest BCUT2D eigenvalue weighted by molar-refractivity contribution is 7.89. The quantitative estimate of drug-likeness (QED) is 0.834. The van der Waals surface area contributed by atoms with Gasteiger partial charge in [0.2, 0.25) is 10.0 Å². The van der Waals surface area contributed by atoms with Gasteiger partial charge >= 0.3 is 0 Å². The minimum atomic E-state index is -3.30. The molecule has 4 heteroatoms. The van der Waals surface area contributed by atoms with E-state index in [-0.39, 0.29) is 0 Å².